The van der Waals surface area contributed by atoms with Gasteiger partial charge in [0.25, 0.3) is 0 Å². The molecular formula is C33H27NO. The standard InChI is InChI=1S/C33H27NO/c1-33(2,3)25-19-20-34-30(21-25)29-14-8-13-28-27-12-7-11-26(31(27)35-32(28)29)24-17-15-23(16-18-24)22-9-5-4-6-10-22/h4-21H,1-3H3. The van der Waals surface area contributed by atoms with Crippen LogP contribution in [-0.2, 0) is 5.41 Å². The molecule has 0 saturated carbocycles. The molecule has 35 heavy (non-hydrogen) atoms. The Hall–Kier alpha value is -4.17. The minimum atomic E-state index is 0.0541. The van der Waals surface area contributed by atoms with Gasteiger partial charge in [0.2, 0.25) is 0 Å². The highest BCUT2D eigenvalue weighted by molar-refractivity contribution is 6.12. The lowest BCUT2D eigenvalue weighted by Crippen LogP contribution is -2.11. The third-order valence-electron chi connectivity index (χ3n) is 6.73. The van der Waals surface area contributed by atoms with Crippen molar-refractivity contribution in [1.82, 2.24) is 4.98 Å². The van der Waals surface area contributed by atoms with Crippen molar-refractivity contribution in [3.05, 3.63) is 115 Å². The van der Waals surface area contributed by atoms with E-state index in [0.29, 0.717) is 0 Å². The average Bonchev–Trinajstić information content (AvgIpc) is 3.28. The van der Waals surface area contributed by atoms with Gasteiger partial charge in [-0.05, 0) is 45.9 Å². The van der Waals surface area contributed by atoms with E-state index >= 15 is 0 Å². The third kappa shape index (κ3) is 3.81. The molecular weight excluding hydrogens is 426 g/mol. The van der Waals surface area contributed by atoms with Gasteiger partial charge in [-0.15, -0.1) is 0 Å². The first-order valence-corrected chi connectivity index (χ1v) is 12.1. The molecule has 6 aromatic rings. The van der Waals surface area contributed by atoms with Crippen LogP contribution in [-0.4, -0.2) is 4.98 Å². The highest BCUT2D eigenvalue weighted by Crippen LogP contribution is 2.40. The van der Waals surface area contributed by atoms with E-state index in [1.54, 1.807) is 0 Å². The second-order valence-electron chi connectivity index (χ2n) is 10.1. The van der Waals surface area contributed by atoms with Crippen molar-refractivity contribution >= 4 is 21.9 Å². The molecule has 0 aliphatic heterocycles. The summed E-state index contributed by atoms with van der Waals surface area (Å²) in [7, 11) is 0. The molecule has 6 rings (SSSR count). The normalized spacial score (nSPS) is 11.9. The first-order chi connectivity index (χ1) is 17.0. The summed E-state index contributed by atoms with van der Waals surface area (Å²) in [4.78, 5) is 4.70. The van der Waals surface area contributed by atoms with Crippen molar-refractivity contribution in [2.24, 2.45) is 0 Å². The summed E-state index contributed by atoms with van der Waals surface area (Å²) >= 11 is 0. The molecule has 2 nitrogen and oxygen atoms in total. The van der Waals surface area contributed by atoms with Crippen LogP contribution < -0.4 is 0 Å². The van der Waals surface area contributed by atoms with E-state index in [2.05, 4.69) is 118 Å². The Labute approximate surface area is 205 Å². The number of benzene rings is 4. The van der Waals surface area contributed by atoms with Gasteiger partial charge in [0.15, 0.2) is 0 Å². The lowest BCUT2D eigenvalue weighted by atomic mass is 9.87. The molecule has 0 amide bonds. The molecule has 0 atom stereocenters. The minimum absolute atomic E-state index is 0.0541. The molecule has 0 aliphatic carbocycles. The largest absolute Gasteiger partial charge is 0.455 e. The van der Waals surface area contributed by atoms with E-state index in [4.69, 9.17) is 9.40 Å². The van der Waals surface area contributed by atoms with Crippen LogP contribution >= 0.6 is 0 Å². The minimum Gasteiger partial charge on any atom is -0.455 e. The number of aromatic nitrogens is 1. The number of furan rings is 1. The molecule has 0 N–H and O–H groups in total. The van der Waals surface area contributed by atoms with Crippen LogP contribution in [0.15, 0.2) is 114 Å². The predicted molar refractivity (Wildman–Crippen MR) is 147 cm³/mol. The van der Waals surface area contributed by atoms with E-state index in [0.717, 1.165) is 44.3 Å². The predicted octanol–water partition coefficient (Wildman–Crippen LogP) is 9.28. The average molecular weight is 454 g/mol. The zero-order valence-electron chi connectivity index (χ0n) is 20.2. The van der Waals surface area contributed by atoms with Gasteiger partial charge in [-0.2, -0.15) is 0 Å². The lowest BCUT2D eigenvalue weighted by Gasteiger charge is -2.19. The number of nitrogens with zero attached hydrogens (tertiary/aromatic N) is 1. The van der Waals surface area contributed by atoms with Gasteiger partial charge in [0.1, 0.15) is 11.2 Å². The first-order valence-electron chi connectivity index (χ1n) is 12.1. The van der Waals surface area contributed by atoms with Crippen LogP contribution in [0.3, 0.4) is 0 Å². The number of fused-ring (bicyclic) bond motifs is 3. The fourth-order valence-corrected chi connectivity index (χ4v) is 4.77. The van der Waals surface area contributed by atoms with Crippen molar-refractivity contribution in [3.8, 4) is 33.5 Å². The van der Waals surface area contributed by atoms with E-state index in [9.17, 15) is 0 Å². The highest BCUT2D eigenvalue weighted by Gasteiger charge is 2.18. The van der Waals surface area contributed by atoms with Crippen molar-refractivity contribution in [2.75, 3.05) is 0 Å². The summed E-state index contributed by atoms with van der Waals surface area (Å²) in [6.45, 7) is 6.68. The molecule has 170 valence electrons. The van der Waals surface area contributed by atoms with Crippen LogP contribution in [0.25, 0.3) is 55.4 Å². The van der Waals surface area contributed by atoms with Gasteiger partial charge in [-0.1, -0.05) is 106 Å². The number of para-hydroxylation sites is 2. The van der Waals surface area contributed by atoms with Crippen LogP contribution in [0, 0.1) is 0 Å². The summed E-state index contributed by atoms with van der Waals surface area (Å²) < 4.78 is 6.62. The van der Waals surface area contributed by atoms with E-state index in [1.165, 1.54) is 16.7 Å². The molecule has 0 aliphatic rings. The molecule has 0 saturated heterocycles. The zero-order valence-corrected chi connectivity index (χ0v) is 20.2. The Morgan fingerprint density at radius 2 is 1.17 bits per heavy atom. The molecule has 0 radical (unpaired) electrons. The Balaban J connectivity index is 1.49. The molecule has 0 spiro atoms. The maximum Gasteiger partial charge on any atom is 0.144 e. The lowest BCUT2D eigenvalue weighted by molar-refractivity contribution is 0.589. The van der Waals surface area contributed by atoms with Crippen LogP contribution in [0.1, 0.15) is 26.3 Å². The monoisotopic (exact) mass is 453 g/mol. The van der Waals surface area contributed by atoms with Crippen molar-refractivity contribution in [2.45, 2.75) is 26.2 Å². The van der Waals surface area contributed by atoms with Crippen LogP contribution in [0.2, 0.25) is 0 Å². The van der Waals surface area contributed by atoms with Gasteiger partial charge in [-0.3, -0.25) is 4.98 Å². The quantitative estimate of drug-likeness (QED) is 0.267. The molecule has 2 aromatic heterocycles. The van der Waals surface area contributed by atoms with E-state index in [-0.39, 0.29) is 5.41 Å². The summed E-state index contributed by atoms with van der Waals surface area (Å²) in [6.07, 6.45) is 1.90. The smallest absolute Gasteiger partial charge is 0.144 e. The fraction of sp³-hybridized carbons (Fsp3) is 0.121. The molecule has 4 aromatic carbocycles. The number of hydrogen-bond acceptors (Lipinski definition) is 2. The molecule has 0 bridgehead atoms. The Kier molecular flexibility index (Phi) is 5.04. The summed E-state index contributed by atoms with van der Waals surface area (Å²) in [6, 6.07) is 36.2. The Morgan fingerprint density at radius 1 is 0.571 bits per heavy atom. The maximum absolute atomic E-state index is 6.62. The van der Waals surface area contributed by atoms with E-state index < -0.39 is 0 Å². The van der Waals surface area contributed by atoms with Crippen molar-refractivity contribution < 1.29 is 4.42 Å². The number of hydrogen-bond donors (Lipinski definition) is 0. The van der Waals surface area contributed by atoms with Gasteiger partial charge in [-0.25, -0.2) is 0 Å². The van der Waals surface area contributed by atoms with Crippen molar-refractivity contribution in [3.63, 3.8) is 0 Å². The van der Waals surface area contributed by atoms with Crippen LogP contribution in [0.5, 0.6) is 0 Å². The summed E-state index contributed by atoms with van der Waals surface area (Å²) in [5, 5.41) is 2.24. The zero-order chi connectivity index (χ0) is 24.0. The molecule has 0 fully saturated rings. The maximum atomic E-state index is 6.62. The van der Waals surface area contributed by atoms with Crippen LogP contribution in [0.4, 0.5) is 0 Å². The van der Waals surface area contributed by atoms with Crippen molar-refractivity contribution in [1.29, 1.82) is 0 Å². The Bertz CT molecular complexity index is 1650. The van der Waals surface area contributed by atoms with Gasteiger partial charge < -0.3 is 4.42 Å². The molecule has 2 heterocycles. The summed E-state index contributed by atoms with van der Waals surface area (Å²) in [5.41, 5.74) is 9.74. The highest BCUT2D eigenvalue weighted by atomic mass is 16.3. The Morgan fingerprint density at radius 3 is 1.86 bits per heavy atom. The fourth-order valence-electron chi connectivity index (χ4n) is 4.77. The van der Waals surface area contributed by atoms with Gasteiger partial charge in [0.05, 0.1) is 5.69 Å². The molecule has 0 unspecified atom stereocenters. The van der Waals surface area contributed by atoms with E-state index in [1.807, 2.05) is 12.3 Å². The SMILES string of the molecule is CC(C)(C)c1ccnc(-c2cccc3c2oc2c(-c4ccc(-c5ccccc5)cc4)cccc23)c1. The molecule has 2 heteroatoms. The third-order valence-corrected chi connectivity index (χ3v) is 6.73. The van der Waals surface area contributed by atoms with Gasteiger partial charge >= 0.3 is 0 Å². The topological polar surface area (TPSA) is 26.0 Å². The number of rotatable bonds is 3. The summed E-state index contributed by atoms with van der Waals surface area (Å²) in [5.74, 6) is 0. The second kappa shape index (κ2) is 8.25. The van der Waals surface area contributed by atoms with Gasteiger partial charge in [0, 0.05) is 28.1 Å². The number of pyridine rings is 1. The second-order valence-corrected chi connectivity index (χ2v) is 10.1. The first kappa shape index (κ1) is 21.4.